The standard InChI is InChI=1S/C18H17NO4/c1-22-15(20)12-19-16(13-8-4-2-5-9-13)17(18(19)21)23-14-10-6-3-7-11-14/h2-11,16-17H,12H2,1H3. The van der Waals surface area contributed by atoms with E-state index in [1.807, 2.05) is 48.5 Å². The van der Waals surface area contributed by atoms with E-state index in [1.54, 1.807) is 12.1 Å². The van der Waals surface area contributed by atoms with Gasteiger partial charge in [-0.3, -0.25) is 9.59 Å². The van der Waals surface area contributed by atoms with Crippen molar-refractivity contribution < 1.29 is 19.1 Å². The van der Waals surface area contributed by atoms with Gasteiger partial charge in [0, 0.05) is 0 Å². The Bertz CT molecular complexity index is 687. The molecule has 1 aliphatic rings. The third kappa shape index (κ3) is 3.04. The molecular formula is C18H17NO4. The molecule has 118 valence electrons. The molecular weight excluding hydrogens is 294 g/mol. The summed E-state index contributed by atoms with van der Waals surface area (Å²) in [5, 5.41) is 0. The Morgan fingerprint density at radius 3 is 2.26 bits per heavy atom. The third-order valence-electron chi connectivity index (χ3n) is 3.82. The number of hydrogen-bond acceptors (Lipinski definition) is 4. The zero-order valence-electron chi connectivity index (χ0n) is 12.7. The van der Waals surface area contributed by atoms with Crippen LogP contribution in [0.3, 0.4) is 0 Å². The van der Waals surface area contributed by atoms with Gasteiger partial charge in [-0.25, -0.2) is 0 Å². The van der Waals surface area contributed by atoms with E-state index in [4.69, 9.17) is 4.74 Å². The van der Waals surface area contributed by atoms with E-state index in [0.29, 0.717) is 5.75 Å². The van der Waals surface area contributed by atoms with Crippen molar-refractivity contribution in [3.63, 3.8) is 0 Å². The van der Waals surface area contributed by atoms with Gasteiger partial charge < -0.3 is 14.4 Å². The molecule has 1 saturated heterocycles. The van der Waals surface area contributed by atoms with Gasteiger partial charge in [0.05, 0.1) is 7.11 Å². The van der Waals surface area contributed by atoms with E-state index >= 15 is 0 Å². The van der Waals surface area contributed by atoms with Gasteiger partial charge in [0.2, 0.25) is 6.10 Å². The maximum Gasteiger partial charge on any atom is 0.325 e. The van der Waals surface area contributed by atoms with Gasteiger partial charge in [-0.05, 0) is 17.7 Å². The molecule has 5 heteroatoms. The molecule has 0 aromatic heterocycles. The Morgan fingerprint density at radius 2 is 1.65 bits per heavy atom. The molecule has 1 fully saturated rings. The fraction of sp³-hybridized carbons (Fsp3) is 0.222. The first-order chi connectivity index (χ1) is 11.2. The summed E-state index contributed by atoms with van der Waals surface area (Å²) in [7, 11) is 1.31. The Morgan fingerprint density at radius 1 is 1.04 bits per heavy atom. The number of likely N-dealkylation sites (tertiary alicyclic amines) is 1. The van der Waals surface area contributed by atoms with Crippen LogP contribution in [0.5, 0.6) is 5.75 Å². The second-order valence-electron chi connectivity index (χ2n) is 5.25. The third-order valence-corrected chi connectivity index (χ3v) is 3.82. The van der Waals surface area contributed by atoms with Crippen molar-refractivity contribution in [1.29, 1.82) is 0 Å². The fourth-order valence-corrected chi connectivity index (χ4v) is 2.66. The number of esters is 1. The molecule has 0 N–H and O–H groups in total. The van der Waals surface area contributed by atoms with Gasteiger partial charge in [-0.2, -0.15) is 0 Å². The van der Waals surface area contributed by atoms with Crippen molar-refractivity contribution in [3.05, 3.63) is 66.2 Å². The van der Waals surface area contributed by atoms with Gasteiger partial charge in [0.1, 0.15) is 18.3 Å². The second kappa shape index (κ2) is 6.52. The number of nitrogens with zero attached hydrogens (tertiary/aromatic N) is 1. The lowest BCUT2D eigenvalue weighted by molar-refractivity contribution is -0.170. The quantitative estimate of drug-likeness (QED) is 0.627. The summed E-state index contributed by atoms with van der Waals surface area (Å²) in [5.74, 6) is -0.0324. The SMILES string of the molecule is COC(=O)CN1C(=O)C(Oc2ccccc2)C1c1ccccc1. The molecule has 1 heterocycles. The Hall–Kier alpha value is -2.82. The van der Waals surface area contributed by atoms with Crippen LogP contribution in [-0.4, -0.2) is 36.5 Å². The molecule has 0 saturated carbocycles. The van der Waals surface area contributed by atoms with Crippen molar-refractivity contribution in [1.82, 2.24) is 4.90 Å². The van der Waals surface area contributed by atoms with Crippen molar-refractivity contribution in [3.8, 4) is 5.75 Å². The number of hydrogen-bond donors (Lipinski definition) is 0. The number of rotatable bonds is 5. The van der Waals surface area contributed by atoms with Gasteiger partial charge in [0.25, 0.3) is 5.91 Å². The summed E-state index contributed by atoms with van der Waals surface area (Å²) in [5.41, 5.74) is 0.928. The number of carbonyl (C=O) groups excluding carboxylic acids is 2. The molecule has 2 atom stereocenters. The molecule has 1 amide bonds. The topological polar surface area (TPSA) is 55.8 Å². The molecule has 0 radical (unpaired) electrons. The van der Waals surface area contributed by atoms with Gasteiger partial charge in [0.15, 0.2) is 0 Å². The molecule has 0 spiro atoms. The molecule has 2 aromatic carbocycles. The summed E-state index contributed by atoms with van der Waals surface area (Å²) in [6, 6.07) is 18.4. The minimum Gasteiger partial charge on any atom is -0.478 e. The highest BCUT2D eigenvalue weighted by atomic mass is 16.5. The first-order valence-corrected chi connectivity index (χ1v) is 7.34. The normalized spacial score (nSPS) is 19.9. The first-order valence-electron chi connectivity index (χ1n) is 7.34. The van der Waals surface area contributed by atoms with Crippen molar-refractivity contribution in [2.45, 2.75) is 12.1 Å². The van der Waals surface area contributed by atoms with E-state index in [-0.39, 0.29) is 18.5 Å². The lowest BCUT2D eigenvalue weighted by Crippen LogP contribution is -2.62. The smallest absolute Gasteiger partial charge is 0.325 e. The van der Waals surface area contributed by atoms with Crippen molar-refractivity contribution in [2.75, 3.05) is 13.7 Å². The average Bonchev–Trinajstić information content (AvgIpc) is 2.61. The average molecular weight is 311 g/mol. The van der Waals surface area contributed by atoms with Crippen LogP contribution in [0.15, 0.2) is 60.7 Å². The van der Waals surface area contributed by atoms with Crippen molar-refractivity contribution >= 4 is 11.9 Å². The van der Waals surface area contributed by atoms with Crippen LogP contribution in [0.1, 0.15) is 11.6 Å². The van der Waals surface area contributed by atoms with E-state index in [0.717, 1.165) is 5.56 Å². The van der Waals surface area contributed by atoms with Crippen LogP contribution in [-0.2, 0) is 14.3 Å². The lowest BCUT2D eigenvalue weighted by atomic mass is 9.90. The van der Waals surface area contributed by atoms with Gasteiger partial charge in [-0.1, -0.05) is 48.5 Å². The number of benzene rings is 2. The monoisotopic (exact) mass is 311 g/mol. The summed E-state index contributed by atoms with van der Waals surface area (Å²) in [6.45, 7) is -0.0798. The largest absolute Gasteiger partial charge is 0.478 e. The number of β-lactam (4-membered cyclic amide) rings is 1. The van der Waals surface area contributed by atoms with Gasteiger partial charge in [-0.15, -0.1) is 0 Å². The van der Waals surface area contributed by atoms with Crippen molar-refractivity contribution in [2.24, 2.45) is 0 Å². The number of carbonyl (C=O) groups is 2. The number of amides is 1. The maximum atomic E-state index is 12.4. The van der Waals surface area contributed by atoms with Crippen LogP contribution >= 0.6 is 0 Å². The van der Waals surface area contributed by atoms with E-state index < -0.39 is 12.1 Å². The molecule has 2 aromatic rings. The summed E-state index contributed by atoms with van der Waals surface area (Å²) in [6.07, 6.45) is -0.635. The fourth-order valence-electron chi connectivity index (χ4n) is 2.66. The van der Waals surface area contributed by atoms with Crippen LogP contribution in [0, 0.1) is 0 Å². The zero-order chi connectivity index (χ0) is 16.2. The van der Waals surface area contributed by atoms with Gasteiger partial charge >= 0.3 is 5.97 Å². The molecule has 23 heavy (non-hydrogen) atoms. The summed E-state index contributed by atoms with van der Waals surface area (Å²) >= 11 is 0. The molecule has 0 bridgehead atoms. The molecule has 0 aliphatic carbocycles. The molecule has 3 rings (SSSR count). The minimum absolute atomic E-state index is 0.0798. The van der Waals surface area contributed by atoms with E-state index in [1.165, 1.54) is 12.0 Å². The maximum absolute atomic E-state index is 12.4. The van der Waals surface area contributed by atoms with E-state index in [2.05, 4.69) is 4.74 Å². The van der Waals surface area contributed by atoms with Crippen LogP contribution in [0.25, 0.3) is 0 Å². The number of methoxy groups -OCH3 is 1. The first kappa shape index (κ1) is 15.1. The minimum atomic E-state index is -0.635. The number of ether oxygens (including phenoxy) is 2. The molecule has 5 nitrogen and oxygen atoms in total. The van der Waals surface area contributed by atoms with E-state index in [9.17, 15) is 9.59 Å². The summed E-state index contributed by atoms with van der Waals surface area (Å²) < 4.78 is 10.5. The van der Waals surface area contributed by atoms with Crippen LogP contribution in [0.2, 0.25) is 0 Å². The predicted molar refractivity (Wildman–Crippen MR) is 83.8 cm³/mol. The highest BCUT2D eigenvalue weighted by molar-refractivity contribution is 5.92. The predicted octanol–water partition coefficient (Wildman–Crippen LogP) is 2.19. The number of para-hydroxylation sites is 1. The Kier molecular flexibility index (Phi) is 4.28. The second-order valence-corrected chi connectivity index (χ2v) is 5.25. The highest BCUT2D eigenvalue weighted by Gasteiger charge is 2.50. The zero-order valence-corrected chi connectivity index (χ0v) is 12.7. The van der Waals surface area contributed by atoms with Crippen LogP contribution in [0.4, 0.5) is 0 Å². The Balaban J connectivity index is 1.83. The lowest BCUT2D eigenvalue weighted by Gasteiger charge is -2.46. The highest BCUT2D eigenvalue weighted by Crippen LogP contribution is 2.37. The summed E-state index contributed by atoms with van der Waals surface area (Å²) in [4.78, 5) is 25.4. The Labute approximate surface area is 134 Å². The molecule has 1 aliphatic heterocycles. The molecule has 2 unspecified atom stereocenters. The van der Waals surface area contributed by atoms with Crippen LogP contribution < -0.4 is 4.74 Å².